The molecule has 2 heterocycles. The summed E-state index contributed by atoms with van der Waals surface area (Å²) in [7, 11) is 1.42. The first-order valence-electron chi connectivity index (χ1n) is 13.1. The number of fused-ring (bicyclic) bond motifs is 3. The number of phenols is 1. The van der Waals surface area contributed by atoms with Gasteiger partial charge in [-0.3, -0.25) is 9.59 Å². The molecule has 1 aliphatic carbocycles. The van der Waals surface area contributed by atoms with Crippen LogP contribution in [0.3, 0.4) is 0 Å². The van der Waals surface area contributed by atoms with E-state index >= 15 is 0 Å². The average Bonchev–Trinajstić information content (AvgIpc) is 3.29. The molecule has 4 N–H and O–H groups in total. The van der Waals surface area contributed by atoms with Crippen molar-refractivity contribution >= 4 is 16.8 Å². The van der Waals surface area contributed by atoms with Crippen LogP contribution in [0.25, 0.3) is 10.9 Å². The van der Waals surface area contributed by atoms with Gasteiger partial charge in [-0.15, -0.1) is 0 Å². The predicted molar refractivity (Wildman–Crippen MR) is 146 cm³/mol. The van der Waals surface area contributed by atoms with Gasteiger partial charge in [0.15, 0.2) is 17.3 Å². The predicted octanol–water partition coefficient (Wildman–Crippen LogP) is 4.96. The SMILES string of the molecule is CCOc1ccc2[nH]c3c(c2c1)CCC[C@@H]3NC(=O)C[C@@H](c1ccc(O)c(OC)c1)c1oc(C)cc(=O)c1O. The number of nitrogens with one attached hydrogen (secondary N) is 2. The third kappa shape index (κ3) is 5.16. The van der Waals surface area contributed by atoms with Crippen molar-refractivity contribution in [2.75, 3.05) is 13.7 Å². The molecule has 0 unspecified atom stereocenters. The largest absolute Gasteiger partial charge is 0.504 e. The van der Waals surface area contributed by atoms with Gasteiger partial charge in [0.25, 0.3) is 0 Å². The number of phenolic OH excluding ortho intramolecular Hbond substituents is 1. The monoisotopic (exact) mass is 532 g/mol. The number of carbonyl (C=O) groups excluding carboxylic acids is 1. The van der Waals surface area contributed by atoms with Crippen LogP contribution in [0.15, 0.2) is 51.7 Å². The minimum atomic E-state index is -0.799. The number of aryl methyl sites for hydroxylation is 2. The van der Waals surface area contributed by atoms with Gasteiger partial charge in [0.2, 0.25) is 17.1 Å². The third-order valence-electron chi connectivity index (χ3n) is 7.21. The molecule has 2 aromatic carbocycles. The highest BCUT2D eigenvalue weighted by Gasteiger charge is 2.30. The summed E-state index contributed by atoms with van der Waals surface area (Å²) in [5.41, 5.74) is 3.09. The number of aromatic amines is 1. The quantitative estimate of drug-likeness (QED) is 0.252. The average molecular weight is 533 g/mol. The number of aromatic nitrogens is 1. The Balaban J connectivity index is 1.46. The van der Waals surface area contributed by atoms with Crippen molar-refractivity contribution < 1.29 is 28.9 Å². The molecule has 5 rings (SSSR count). The number of hydrogen-bond donors (Lipinski definition) is 4. The third-order valence-corrected chi connectivity index (χ3v) is 7.21. The van der Waals surface area contributed by atoms with Crippen LogP contribution in [0, 0.1) is 6.92 Å². The first-order chi connectivity index (χ1) is 18.8. The van der Waals surface area contributed by atoms with E-state index in [1.807, 2.05) is 25.1 Å². The van der Waals surface area contributed by atoms with Crippen LogP contribution in [0.1, 0.15) is 66.5 Å². The fourth-order valence-corrected chi connectivity index (χ4v) is 5.42. The topological polar surface area (TPSA) is 134 Å². The summed E-state index contributed by atoms with van der Waals surface area (Å²) >= 11 is 0. The molecular formula is C30H32N2O7. The van der Waals surface area contributed by atoms with E-state index in [4.69, 9.17) is 13.9 Å². The van der Waals surface area contributed by atoms with Crippen molar-refractivity contribution in [3.8, 4) is 23.0 Å². The zero-order valence-corrected chi connectivity index (χ0v) is 22.2. The molecule has 9 heteroatoms. The Morgan fingerprint density at radius 3 is 2.79 bits per heavy atom. The molecule has 0 saturated heterocycles. The molecule has 4 aromatic rings. The van der Waals surface area contributed by atoms with Gasteiger partial charge in [-0.2, -0.15) is 0 Å². The molecular weight excluding hydrogens is 500 g/mol. The molecule has 2 aromatic heterocycles. The molecule has 0 spiro atoms. The second kappa shape index (κ2) is 10.8. The van der Waals surface area contributed by atoms with Crippen molar-refractivity contribution in [2.24, 2.45) is 0 Å². The van der Waals surface area contributed by atoms with Gasteiger partial charge in [-0.25, -0.2) is 0 Å². The molecule has 0 aliphatic heterocycles. The van der Waals surface area contributed by atoms with E-state index < -0.39 is 17.1 Å². The Kier molecular flexibility index (Phi) is 7.24. The maximum atomic E-state index is 13.5. The first kappa shape index (κ1) is 26.2. The highest BCUT2D eigenvalue weighted by Crippen LogP contribution is 2.39. The summed E-state index contributed by atoms with van der Waals surface area (Å²) < 4.78 is 16.7. The lowest BCUT2D eigenvalue weighted by atomic mass is 9.89. The highest BCUT2D eigenvalue weighted by molar-refractivity contribution is 5.87. The Labute approximate surface area is 225 Å². The zero-order chi connectivity index (χ0) is 27.7. The molecule has 9 nitrogen and oxygen atoms in total. The van der Waals surface area contributed by atoms with Crippen LogP contribution >= 0.6 is 0 Å². The van der Waals surface area contributed by atoms with Gasteiger partial charge >= 0.3 is 0 Å². The van der Waals surface area contributed by atoms with Crippen molar-refractivity contribution in [3.05, 3.63) is 81.0 Å². The second-order valence-electron chi connectivity index (χ2n) is 9.79. The van der Waals surface area contributed by atoms with Crippen molar-refractivity contribution in [3.63, 3.8) is 0 Å². The Morgan fingerprint density at radius 1 is 1.21 bits per heavy atom. The molecule has 204 valence electrons. The minimum absolute atomic E-state index is 0.0127. The van der Waals surface area contributed by atoms with Crippen molar-refractivity contribution in [2.45, 2.75) is 51.5 Å². The molecule has 0 fully saturated rings. The number of rotatable bonds is 8. The Hall–Kier alpha value is -4.40. The first-order valence-corrected chi connectivity index (χ1v) is 13.1. The van der Waals surface area contributed by atoms with E-state index in [1.54, 1.807) is 19.1 Å². The number of carbonyl (C=O) groups is 1. The van der Waals surface area contributed by atoms with Crippen molar-refractivity contribution in [1.82, 2.24) is 10.3 Å². The van der Waals surface area contributed by atoms with E-state index in [-0.39, 0.29) is 35.6 Å². The van der Waals surface area contributed by atoms with Gasteiger partial charge < -0.3 is 34.4 Å². The summed E-state index contributed by atoms with van der Waals surface area (Å²) in [5.74, 6) is -0.384. The van der Waals surface area contributed by atoms with Gasteiger partial charge in [0.05, 0.1) is 25.7 Å². The van der Waals surface area contributed by atoms with Crippen LogP contribution < -0.4 is 20.2 Å². The molecule has 1 aliphatic rings. The summed E-state index contributed by atoms with van der Waals surface area (Å²) in [6.45, 7) is 4.14. The van der Waals surface area contributed by atoms with Crippen LogP contribution in [0.2, 0.25) is 0 Å². The number of benzene rings is 2. The summed E-state index contributed by atoms with van der Waals surface area (Å²) in [6, 6.07) is 11.6. The minimum Gasteiger partial charge on any atom is -0.504 e. The maximum absolute atomic E-state index is 13.5. The number of hydrogen-bond acceptors (Lipinski definition) is 7. The van der Waals surface area contributed by atoms with Crippen LogP contribution in [-0.2, 0) is 11.2 Å². The van der Waals surface area contributed by atoms with E-state index in [1.165, 1.54) is 24.8 Å². The zero-order valence-electron chi connectivity index (χ0n) is 22.2. The van der Waals surface area contributed by atoms with E-state index in [2.05, 4.69) is 10.3 Å². The second-order valence-corrected chi connectivity index (χ2v) is 9.79. The fourth-order valence-electron chi connectivity index (χ4n) is 5.42. The van der Waals surface area contributed by atoms with Crippen molar-refractivity contribution in [1.29, 1.82) is 0 Å². The van der Waals surface area contributed by atoms with E-state index in [9.17, 15) is 19.8 Å². The highest BCUT2D eigenvalue weighted by atomic mass is 16.5. The molecule has 0 bridgehead atoms. The number of methoxy groups -OCH3 is 1. The number of amides is 1. The summed E-state index contributed by atoms with van der Waals surface area (Å²) in [4.78, 5) is 29.4. The number of aromatic hydroxyl groups is 2. The Morgan fingerprint density at radius 2 is 2.03 bits per heavy atom. The van der Waals surface area contributed by atoms with E-state index in [0.717, 1.165) is 41.6 Å². The number of H-pyrrole nitrogens is 1. The summed E-state index contributed by atoms with van der Waals surface area (Å²) in [6.07, 6.45) is 2.48. The lowest BCUT2D eigenvalue weighted by Crippen LogP contribution is -2.32. The Bertz CT molecular complexity index is 1590. The lowest BCUT2D eigenvalue weighted by Gasteiger charge is -2.25. The number of ether oxygens (including phenoxy) is 2. The molecule has 0 radical (unpaired) electrons. The molecule has 1 amide bonds. The standard InChI is InChI=1S/C30H32N2O7/c1-4-38-18-9-10-22-21(14-18)19-6-5-7-23(28(19)32-22)31-27(35)15-20(17-8-11-24(33)26(13-17)37-3)30-29(36)25(34)12-16(2)39-30/h8-14,20,23,32-33,36H,4-7,15H2,1-3H3,(H,31,35)/t20-,23-/m0/s1. The van der Waals surface area contributed by atoms with Crippen LogP contribution in [-0.4, -0.2) is 34.8 Å². The smallest absolute Gasteiger partial charge is 0.227 e. The van der Waals surface area contributed by atoms with Gasteiger partial charge in [0, 0.05) is 29.1 Å². The molecule has 39 heavy (non-hydrogen) atoms. The fraction of sp³-hybridized carbons (Fsp3) is 0.333. The van der Waals surface area contributed by atoms with Gasteiger partial charge in [-0.05, 0) is 74.6 Å². The van der Waals surface area contributed by atoms with Crippen LogP contribution in [0.5, 0.6) is 23.0 Å². The summed E-state index contributed by atoms with van der Waals surface area (Å²) in [5, 5.41) is 24.9. The lowest BCUT2D eigenvalue weighted by molar-refractivity contribution is -0.122. The molecule has 2 atom stereocenters. The normalized spacial score (nSPS) is 15.5. The van der Waals surface area contributed by atoms with Gasteiger partial charge in [0.1, 0.15) is 11.5 Å². The molecule has 0 saturated carbocycles. The van der Waals surface area contributed by atoms with E-state index in [0.29, 0.717) is 17.9 Å². The van der Waals surface area contributed by atoms with Gasteiger partial charge in [-0.1, -0.05) is 6.07 Å². The van der Waals surface area contributed by atoms with Crippen LogP contribution in [0.4, 0.5) is 0 Å². The maximum Gasteiger partial charge on any atom is 0.227 e.